The first-order valence-corrected chi connectivity index (χ1v) is 5.84. The summed E-state index contributed by atoms with van der Waals surface area (Å²) in [6.45, 7) is 3.82. The first-order chi connectivity index (χ1) is 7.04. The largest absolute Gasteiger partial charge is 0.481 e. The van der Waals surface area contributed by atoms with Gasteiger partial charge in [0.25, 0.3) is 0 Å². The highest BCUT2D eigenvalue weighted by Gasteiger charge is 2.13. The highest BCUT2D eigenvalue weighted by Crippen LogP contribution is 2.20. The van der Waals surface area contributed by atoms with Crippen LogP contribution in [-0.4, -0.2) is 11.1 Å². The van der Waals surface area contributed by atoms with Gasteiger partial charge in [-0.15, -0.1) is 0 Å². The van der Waals surface area contributed by atoms with Crippen LogP contribution in [0, 0.1) is 5.92 Å². The molecule has 1 aromatic rings. The standard InChI is InChI=1S/C12H15BrO2/c1-3-9-7-11(13)5-4-10(9)6-8(2)12(14)15/h4-5,7-8H,3,6H2,1-2H3,(H,14,15). The number of halogens is 1. The van der Waals surface area contributed by atoms with E-state index in [1.165, 1.54) is 5.56 Å². The number of aliphatic carboxylic acids is 1. The Balaban J connectivity index is 2.89. The summed E-state index contributed by atoms with van der Waals surface area (Å²) in [5, 5.41) is 8.85. The van der Waals surface area contributed by atoms with Crippen LogP contribution in [0.5, 0.6) is 0 Å². The summed E-state index contributed by atoms with van der Waals surface area (Å²) < 4.78 is 1.05. The maximum atomic E-state index is 10.8. The molecule has 0 heterocycles. The van der Waals surface area contributed by atoms with E-state index in [0.29, 0.717) is 6.42 Å². The van der Waals surface area contributed by atoms with Gasteiger partial charge in [0.05, 0.1) is 5.92 Å². The van der Waals surface area contributed by atoms with E-state index >= 15 is 0 Å². The molecule has 0 bridgehead atoms. The van der Waals surface area contributed by atoms with E-state index in [2.05, 4.69) is 28.9 Å². The molecule has 1 atom stereocenters. The second-order valence-electron chi connectivity index (χ2n) is 3.71. The van der Waals surface area contributed by atoms with Crippen LogP contribution in [0.4, 0.5) is 0 Å². The lowest BCUT2D eigenvalue weighted by Gasteiger charge is -2.11. The fourth-order valence-corrected chi connectivity index (χ4v) is 1.95. The Morgan fingerprint density at radius 3 is 2.67 bits per heavy atom. The van der Waals surface area contributed by atoms with Crippen molar-refractivity contribution in [2.75, 3.05) is 0 Å². The van der Waals surface area contributed by atoms with Gasteiger partial charge in [0.2, 0.25) is 0 Å². The van der Waals surface area contributed by atoms with Crippen molar-refractivity contribution >= 4 is 21.9 Å². The highest BCUT2D eigenvalue weighted by molar-refractivity contribution is 9.10. The third-order valence-electron chi connectivity index (χ3n) is 2.50. The van der Waals surface area contributed by atoms with Crippen molar-refractivity contribution < 1.29 is 9.90 Å². The molecular formula is C12H15BrO2. The summed E-state index contributed by atoms with van der Waals surface area (Å²) in [7, 11) is 0. The predicted octanol–water partition coefficient (Wildman–Crippen LogP) is 3.27. The summed E-state index contributed by atoms with van der Waals surface area (Å²) >= 11 is 3.42. The zero-order valence-corrected chi connectivity index (χ0v) is 10.5. The van der Waals surface area contributed by atoms with E-state index in [1.54, 1.807) is 6.92 Å². The first kappa shape index (κ1) is 12.2. The number of hydrogen-bond donors (Lipinski definition) is 1. The molecule has 0 amide bonds. The van der Waals surface area contributed by atoms with Crippen molar-refractivity contribution in [2.45, 2.75) is 26.7 Å². The van der Waals surface area contributed by atoms with E-state index in [0.717, 1.165) is 16.5 Å². The van der Waals surface area contributed by atoms with Gasteiger partial charge in [0.15, 0.2) is 0 Å². The van der Waals surface area contributed by atoms with Crippen LogP contribution < -0.4 is 0 Å². The van der Waals surface area contributed by atoms with Gasteiger partial charge in [0.1, 0.15) is 0 Å². The van der Waals surface area contributed by atoms with E-state index in [9.17, 15) is 4.79 Å². The topological polar surface area (TPSA) is 37.3 Å². The molecule has 3 heteroatoms. The Bertz CT molecular complexity index is 361. The molecule has 2 nitrogen and oxygen atoms in total. The zero-order chi connectivity index (χ0) is 11.4. The molecule has 1 unspecified atom stereocenters. The fourth-order valence-electron chi connectivity index (χ4n) is 1.54. The first-order valence-electron chi connectivity index (χ1n) is 5.04. The molecule has 0 radical (unpaired) electrons. The molecule has 82 valence electrons. The molecule has 1 rings (SSSR count). The van der Waals surface area contributed by atoms with Crippen molar-refractivity contribution in [3.05, 3.63) is 33.8 Å². The summed E-state index contributed by atoms with van der Waals surface area (Å²) in [6.07, 6.45) is 1.53. The lowest BCUT2D eigenvalue weighted by molar-refractivity contribution is -0.141. The van der Waals surface area contributed by atoms with Crippen molar-refractivity contribution in [2.24, 2.45) is 5.92 Å². The smallest absolute Gasteiger partial charge is 0.306 e. The highest BCUT2D eigenvalue weighted by atomic mass is 79.9. The quantitative estimate of drug-likeness (QED) is 0.912. The van der Waals surface area contributed by atoms with E-state index in [-0.39, 0.29) is 5.92 Å². The number of carbonyl (C=O) groups is 1. The number of aryl methyl sites for hydroxylation is 1. The number of carboxylic acid groups (broad SMARTS) is 1. The lowest BCUT2D eigenvalue weighted by Crippen LogP contribution is -2.13. The van der Waals surface area contributed by atoms with Gasteiger partial charge >= 0.3 is 5.97 Å². The summed E-state index contributed by atoms with van der Waals surface area (Å²) in [5.74, 6) is -1.06. The van der Waals surface area contributed by atoms with Gasteiger partial charge in [-0.05, 0) is 36.1 Å². The maximum Gasteiger partial charge on any atom is 0.306 e. The Labute approximate surface area is 98.4 Å². The molecule has 0 aliphatic carbocycles. The van der Waals surface area contributed by atoms with E-state index in [4.69, 9.17) is 5.11 Å². The monoisotopic (exact) mass is 270 g/mol. The normalized spacial score (nSPS) is 12.5. The summed E-state index contributed by atoms with van der Waals surface area (Å²) in [4.78, 5) is 10.8. The molecule has 1 aromatic carbocycles. The third-order valence-corrected chi connectivity index (χ3v) is 2.99. The molecule has 15 heavy (non-hydrogen) atoms. The average molecular weight is 271 g/mol. The van der Waals surface area contributed by atoms with Gasteiger partial charge < -0.3 is 5.11 Å². The Morgan fingerprint density at radius 2 is 2.13 bits per heavy atom. The molecular weight excluding hydrogens is 256 g/mol. The fraction of sp³-hybridized carbons (Fsp3) is 0.417. The van der Waals surface area contributed by atoms with Gasteiger partial charge in [-0.2, -0.15) is 0 Å². The van der Waals surface area contributed by atoms with Gasteiger partial charge in [0, 0.05) is 4.47 Å². The minimum Gasteiger partial charge on any atom is -0.481 e. The minimum absolute atomic E-state index is 0.323. The van der Waals surface area contributed by atoms with Gasteiger partial charge in [-0.3, -0.25) is 4.79 Å². The average Bonchev–Trinajstić information content (AvgIpc) is 2.20. The van der Waals surface area contributed by atoms with Crippen LogP contribution in [0.1, 0.15) is 25.0 Å². The van der Waals surface area contributed by atoms with E-state index in [1.807, 2.05) is 12.1 Å². The Morgan fingerprint density at radius 1 is 1.47 bits per heavy atom. The van der Waals surface area contributed by atoms with Crippen molar-refractivity contribution in [1.29, 1.82) is 0 Å². The molecule has 0 spiro atoms. The molecule has 0 saturated heterocycles. The molecule has 0 fully saturated rings. The van der Waals surface area contributed by atoms with E-state index < -0.39 is 5.97 Å². The number of benzene rings is 1. The van der Waals surface area contributed by atoms with Crippen LogP contribution in [0.25, 0.3) is 0 Å². The second-order valence-corrected chi connectivity index (χ2v) is 4.63. The molecule has 0 aliphatic heterocycles. The van der Waals surface area contributed by atoms with Crippen LogP contribution >= 0.6 is 15.9 Å². The number of hydrogen-bond acceptors (Lipinski definition) is 1. The minimum atomic E-state index is -0.736. The van der Waals surface area contributed by atoms with Crippen LogP contribution in [0.2, 0.25) is 0 Å². The zero-order valence-electron chi connectivity index (χ0n) is 8.96. The van der Waals surface area contributed by atoms with Gasteiger partial charge in [-0.1, -0.05) is 35.8 Å². The predicted molar refractivity (Wildman–Crippen MR) is 64.0 cm³/mol. The summed E-state index contributed by atoms with van der Waals surface area (Å²) in [5.41, 5.74) is 2.35. The Hall–Kier alpha value is -0.830. The third kappa shape index (κ3) is 3.34. The van der Waals surface area contributed by atoms with Crippen molar-refractivity contribution in [1.82, 2.24) is 0 Å². The van der Waals surface area contributed by atoms with Gasteiger partial charge in [-0.25, -0.2) is 0 Å². The number of carboxylic acids is 1. The van der Waals surface area contributed by atoms with Crippen LogP contribution in [0.15, 0.2) is 22.7 Å². The summed E-state index contributed by atoms with van der Waals surface area (Å²) in [6, 6.07) is 6.02. The maximum absolute atomic E-state index is 10.8. The molecule has 0 saturated carbocycles. The molecule has 0 aromatic heterocycles. The second kappa shape index (κ2) is 5.31. The number of rotatable bonds is 4. The van der Waals surface area contributed by atoms with Crippen LogP contribution in [0.3, 0.4) is 0 Å². The lowest BCUT2D eigenvalue weighted by atomic mass is 9.96. The SMILES string of the molecule is CCc1cc(Br)ccc1CC(C)C(=O)O. The van der Waals surface area contributed by atoms with Crippen molar-refractivity contribution in [3.8, 4) is 0 Å². The van der Waals surface area contributed by atoms with Crippen molar-refractivity contribution in [3.63, 3.8) is 0 Å². The molecule has 1 N–H and O–H groups in total. The Kier molecular flexibility index (Phi) is 4.33. The molecule has 0 aliphatic rings. The van der Waals surface area contributed by atoms with Crippen LogP contribution in [-0.2, 0) is 17.6 Å².